The second kappa shape index (κ2) is 8.56. The summed E-state index contributed by atoms with van der Waals surface area (Å²) in [5.74, 6) is -0.00828. The zero-order valence-corrected chi connectivity index (χ0v) is 13.7. The van der Waals surface area contributed by atoms with E-state index in [0.29, 0.717) is 5.56 Å². The van der Waals surface area contributed by atoms with Crippen molar-refractivity contribution >= 4 is 29.2 Å². The van der Waals surface area contributed by atoms with Gasteiger partial charge in [0.05, 0.1) is 17.5 Å². The second-order valence-electron chi connectivity index (χ2n) is 4.82. The molecule has 0 bridgehead atoms. The van der Waals surface area contributed by atoms with Crippen LogP contribution in [0.4, 0.5) is 27.6 Å². The Hall–Kier alpha value is -2.75. The Morgan fingerprint density at radius 3 is 2.35 bits per heavy atom. The fraction of sp³-hybridized carbons (Fsp3) is 0.125. The minimum atomic E-state index is -4.52. The summed E-state index contributed by atoms with van der Waals surface area (Å²) in [6.45, 7) is -2.92. The van der Waals surface area contributed by atoms with Crippen molar-refractivity contribution in [1.82, 2.24) is 5.43 Å². The molecule has 2 N–H and O–H groups in total. The van der Waals surface area contributed by atoms with Gasteiger partial charge < -0.3 is 10.1 Å². The number of halogens is 5. The van der Waals surface area contributed by atoms with Crippen molar-refractivity contribution in [2.24, 2.45) is 5.10 Å². The molecule has 0 amide bonds. The molecule has 4 nitrogen and oxygen atoms in total. The van der Waals surface area contributed by atoms with E-state index < -0.39 is 18.4 Å². The molecule has 0 aliphatic carbocycles. The highest BCUT2D eigenvalue weighted by Gasteiger charge is 2.33. The van der Waals surface area contributed by atoms with Gasteiger partial charge >= 0.3 is 12.8 Å². The van der Waals surface area contributed by atoms with Crippen LogP contribution in [0.3, 0.4) is 0 Å². The summed E-state index contributed by atoms with van der Waals surface area (Å²) in [5, 5.41) is 6.05. The lowest BCUT2D eigenvalue weighted by atomic mass is 10.2. The highest BCUT2D eigenvalue weighted by molar-refractivity contribution is 7.80. The van der Waals surface area contributed by atoms with Crippen molar-refractivity contribution < 1.29 is 26.7 Å². The third kappa shape index (κ3) is 5.96. The predicted molar refractivity (Wildman–Crippen MR) is 91.5 cm³/mol. The molecule has 0 radical (unpaired) electrons. The molecule has 0 spiro atoms. The van der Waals surface area contributed by atoms with E-state index >= 15 is 0 Å². The molecule has 26 heavy (non-hydrogen) atoms. The number of hydrogen-bond acceptors (Lipinski definition) is 3. The summed E-state index contributed by atoms with van der Waals surface area (Å²) in [5.41, 5.74) is 1.85. The van der Waals surface area contributed by atoms with Gasteiger partial charge in [0.1, 0.15) is 5.75 Å². The number of ether oxygens (including phenoxy) is 1. The summed E-state index contributed by atoms with van der Waals surface area (Å²) in [6, 6.07) is 10.5. The van der Waals surface area contributed by atoms with Gasteiger partial charge in [-0.2, -0.15) is 27.1 Å². The number of nitrogens with zero attached hydrogens (tertiary/aromatic N) is 1. The van der Waals surface area contributed by atoms with E-state index in [2.05, 4.69) is 20.6 Å². The van der Waals surface area contributed by atoms with E-state index in [9.17, 15) is 22.0 Å². The largest absolute Gasteiger partial charge is 0.435 e. The maximum atomic E-state index is 12.9. The van der Waals surface area contributed by atoms with Crippen LogP contribution in [0.5, 0.6) is 5.75 Å². The Morgan fingerprint density at radius 1 is 1.08 bits per heavy atom. The van der Waals surface area contributed by atoms with Gasteiger partial charge in [-0.1, -0.05) is 12.1 Å². The van der Waals surface area contributed by atoms with E-state index in [1.807, 2.05) is 0 Å². The zero-order valence-electron chi connectivity index (χ0n) is 12.9. The molecular weight excluding hydrogens is 377 g/mol. The molecule has 2 aromatic carbocycles. The summed E-state index contributed by atoms with van der Waals surface area (Å²) < 4.78 is 67.0. The van der Waals surface area contributed by atoms with Crippen LogP contribution < -0.4 is 15.5 Å². The molecule has 0 aliphatic heterocycles. The van der Waals surface area contributed by atoms with E-state index in [-0.39, 0.29) is 16.5 Å². The van der Waals surface area contributed by atoms with Crippen molar-refractivity contribution in [3.63, 3.8) is 0 Å². The third-order valence-corrected chi connectivity index (χ3v) is 3.16. The van der Waals surface area contributed by atoms with Gasteiger partial charge in [0.15, 0.2) is 5.11 Å². The van der Waals surface area contributed by atoms with E-state index in [0.717, 1.165) is 6.07 Å². The van der Waals surface area contributed by atoms with Gasteiger partial charge in [-0.25, -0.2) is 0 Å². The minimum absolute atomic E-state index is 0.00828. The molecule has 0 unspecified atom stereocenters. The first-order chi connectivity index (χ1) is 12.3. The number of para-hydroxylation sites is 1. The lowest BCUT2D eigenvalue weighted by Crippen LogP contribution is -2.25. The van der Waals surface area contributed by atoms with Crippen LogP contribution in [0.15, 0.2) is 53.6 Å². The molecule has 0 saturated heterocycles. The first kappa shape index (κ1) is 19.6. The maximum absolute atomic E-state index is 12.9. The predicted octanol–water partition coefficient (Wildman–Crippen LogP) is 4.63. The van der Waals surface area contributed by atoms with Crippen LogP contribution >= 0.6 is 12.2 Å². The number of rotatable bonds is 5. The topological polar surface area (TPSA) is 45.6 Å². The summed E-state index contributed by atoms with van der Waals surface area (Å²) >= 11 is 4.90. The SMILES string of the molecule is FC(F)Oc1ccc(/C=N\NC(=S)Nc2ccccc2C(F)(F)F)cc1. The van der Waals surface area contributed by atoms with E-state index in [4.69, 9.17) is 12.2 Å². The van der Waals surface area contributed by atoms with Crippen molar-refractivity contribution in [2.75, 3.05) is 5.32 Å². The molecule has 2 rings (SSSR count). The van der Waals surface area contributed by atoms with Gasteiger partial charge in [0.2, 0.25) is 0 Å². The molecule has 0 saturated carbocycles. The maximum Gasteiger partial charge on any atom is 0.418 e. The second-order valence-corrected chi connectivity index (χ2v) is 5.22. The van der Waals surface area contributed by atoms with Crippen LogP contribution in [-0.4, -0.2) is 17.9 Å². The number of alkyl halides is 5. The third-order valence-electron chi connectivity index (χ3n) is 2.97. The average Bonchev–Trinajstić information content (AvgIpc) is 2.55. The van der Waals surface area contributed by atoms with Crippen LogP contribution in [0.2, 0.25) is 0 Å². The van der Waals surface area contributed by atoms with E-state index in [1.165, 1.54) is 48.7 Å². The van der Waals surface area contributed by atoms with Gasteiger partial charge in [0, 0.05) is 0 Å². The zero-order chi connectivity index (χ0) is 19.2. The lowest BCUT2D eigenvalue weighted by molar-refractivity contribution is -0.136. The Bertz CT molecular complexity index is 778. The summed E-state index contributed by atoms with van der Waals surface area (Å²) in [6.07, 6.45) is -3.21. The number of hydrazone groups is 1. The summed E-state index contributed by atoms with van der Waals surface area (Å²) in [7, 11) is 0. The fourth-order valence-corrected chi connectivity index (χ4v) is 2.05. The van der Waals surface area contributed by atoms with Crippen LogP contribution in [0, 0.1) is 0 Å². The van der Waals surface area contributed by atoms with Crippen LogP contribution in [0.25, 0.3) is 0 Å². The van der Waals surface area contributed by atoms with Gasteiger partial charge in [-0.05, 0) is 54.2 Å². The summed E-state index contributed by atoms with van der Waals surface area (Å²) in [4.78, 5) is 0. The molecule has 0 heterocycles. The van der Waals surface area contributed by atoms with Crippen molar-refractivity contribution in [2.45, 2.75) is 12.8 Å². The fourth-order valence-electron chi connectivity index (χ4n) is 1.89. The highest BCUT2D eigenvalue weighted by Crippen LogP contribution is 2.34. The molecule has 10 heteroatoms. The number of benzene rings is 2. The Labute approximate surface area is 150 Å². The van der Waals surface area contributed by atoms with Gasteiger partial charge in [-0.15, -0.1) is 0 Å². The Balaban J connectivity index is 1.94. The molecule has 0 atom stereocenters. The normalized spacial score (nSPS) is 11.6. The van der Waals surface area contributed by atoms with Crippen molar-refractivity contribution in [1.29, 1.82) is 0 Å². The molecule has 2 aromatic rings. The van der Waals surface area contributed by atoms with Gasteiger partial charge in [0.25, 0.3) is 0 Å². The standard InChI is InChI=1S/C16H12F5N3OS/c17-14(18)25-11-7-5-10(6-8-11)9-22-24-15(26)23-13-4-2-1-3-12(13)16(19,20)21/h1-9,14H,(H2,23,24,26)/b22-9-. The smallest absolute Gasteiger partial charge is 0.418 e. The van der Waals surface area contributed by atoms with Crippen molar-refractivity contribution in [3.8, 4) is 5.75 Å². The molecular formula is C16H12F5N3OS. The van der Waals surface area contributed by atoms with Gasteiger partial charge in [-0.3, -0.25) is 5.43 Å². The highest BCUT2D eigenvalue weighted by atomic mass is 32.1. The molecule has 0 aliphatic rings. The number of nitrogens with one attached hydrogen (secondary N) is 2. The average molecular weight is 389 g/mol. The molecule has 0 fully saturated rings. The van der Waals surface area contributed by atoms with Crippen LogP contribution in [0.1, 0.15) is 11.1 Å². The first-order valence-electron chi connectivity index (χ1n) is 7.07. The first-order valence-corrected chi connectivity index (χ1v) is 7.47. The monoisotopic (exact) mass is 389 g/mol. The molecule has 0 aromatic heterocycles. The minimum Gasteiger partial charge on any atom is -0.435 e. The van der Waals surface area contributed by atoms with E-state index in [1.54, 1.807) is 0 Å². The number of anilines is 1. The number of thiocarbonyl (C=S) groups is 1. The Kier molecular flexibility index (Phi) is 6.45. The van der Waals surface area contributed by atoms with Crippen LogP contribution in [-0.2, 0) is 6.18 Å². The lowest BCUT2D eigenvalue weighted by Gasteiger charge is -2.14. The quantitative estimate of drug-likeness (QED) is 0.339. The number of hydrogen-bond donors (Lipinski definition) is 2. The molecule has 138 valence electrons. The Morgan fingerprint density at radius 2 is 1.73 bits per heavy atom. The van der Waals surface area contributed by atoms with Crippen molar-refractivity contribution in [3.05, 3.63) is 59.7 Å².